The number of methoxy groups -OCH3 is 1. The topological polar surface area (TPSA) is 60.3 Å². The third-order valence-corrected chi connectivity index (χ3v) is 4.04. The number of nitrogens with zero attached hydrogens (tertiary/aromatic N) is 1. The number of carbonyl (C=O) groups excluding carboxylic acids is 1. The van der Waals surface area contributed by atoms with Crippen LogP contribution < -0.4 is 10.9 Å². The number of halogens is 1. The number of aryl methyl sites for hydroxylation is 1. The molecular formula is C19H23FN2O3. The van der Waals surface area contributed by atoms with Crippen molar-refractivity contribution in [3.8, 4) is 0 Å². The van der Waals surface area contributed by atoms with Gasteiger partial charge in [0, 0.05) is 31.8 Å². The Labute approximate surface area is 146 Å². The van der Waals surface area contributed by atoms with E-state index in [4.69, 9.17) is 4.74 Å². The number of amides is 1. The lowest BCUT2D eigenvalue weighted by Crippen LogP contribution is -2.24. The van der Waals surface area contributed by atoms with Crippen molar-refractivity contribution in [3.63, 3.8) is 0 Å². The van der Waals surface area contributed by atoms with E-state index in [1.165, 1.54) is 16.7 Å². The van der Waals surface area contributed by atoms with E-state index in [0.717, 1.165) is 0 Å². The predicted molar refractivity (Wildman–Crippen MR) is 95.1 cm³/mol. The average molecular weight is 346 g/mol. The summed E-state index contributed by atoms with van der Waals surface area (Å²) in [5.41, 5.74) is 1.01. The van der Waals surface area contributed by atoms with Crippen LogP contribution in [-0.2, 0) is 22.5 Å². The van der Waals surface area contributed by atoms with E-state index < -0.39 is 0 Å². The summed E-state index contributed by atoms with van der Waals surface area (Å²) in [5, 5.41) is 2.80. The first-order valence-corrected chi connectivity index (χ1v) is 8.25. The standard InChI is InChI=1S/C19H23FN2O3/c1-14(7-8-15-5-3-4-6-17(15)20)19(24)21-16-9-10-18(23)22(13-16)11-12-25-2/h3-6,9-10,13-14H,7-8,11-12H2,1-2H3,(H,21,24)/t14-/m0/s1. The zero-order valence-corrected chi connectivity index (χ0v) is 14.5. The van der Waals surface area contributed by atoms with Crippen molar-refractivity contribution in [2.45, 2.75) is 26.3 Å². The van der Waals surface area contributed by atoms with Gasteiger partial charge < -0.3 is 14.6 Å². The molecule has 0 unspecified atom stereocenters. The van der Waals surface area contributed by atoms with Gasteiger partial charge in [0.1, 0.15) is 5.82 Å². The predicted octanol–water partition coefficient (Wildman–Crippen LogP) is 2.84. The molecule has 2 aromatic rings. The highest BCUT2D eigenvalue weighted by molar-refractivity contribution is 5.92. The van der Waals surface area contributed by atoms with Crippen LogP contribution in [0.3, 0.4) is 0 Å². The van der Waals surface area contributed by atoms with Gasteiger partial charge in [-0.15, -0.1) is 0 Å². The van der Waals surface area contributed by atoms with Gasteiger partial charge in [0.2, 0.25) is 5.91 Å². The molecule has 0 bridgehead atoms. The van der Waals surface area contributed by atoms with Crippen molar-refractivity contribution in [2.75, 3.05) is 19.0 Å². The number of hydrogen-bond donors (Lipinski definition) is 1. The van der Waals surface area contributed by atoms with Crippen molar-refractivity contribution in [2.24, 2.45) is 5.92 Å². The molecule has 2 rings (SSSR count). The summed E-state index contributed by atoms with van der Waals surface area (Å²) in [7, 11) is 1.56. The lowest BCUT2D eigenvalue weighted by molar-refractivity contribution is -0.119. The van der Waals surface area contributed by atoms with Gasteiger partial charge in [-0.25, -0.2) is 4.39 Å². The minimum absolute atomic E-state index is 0.150. The molecule has 0 fully saturated rings. The van der Waals surface area contributed by atoms with Crippen LogP contribution in [0.5, 0.6) is 0 Å². The van der Waals surface area contributed by atoms with Gasteiger partial charge in [0.25, 0.3) is 5.56 Å². The Morgan fingerprint density at radius 1 is 1.28 bits per heavy atom. The van der Waals surface area contributed by atoms with Crippen molar-refractivity contribution in [1.82, 2.24) is 4.57 Å². The lowest BCUT2D eigenvalue weighted by atomic mass is 10.00. The van der Waals surface area contributed by atoms with E-state index >= 15 is 0 Å². The largest absolute Gasteiger partial charge is 0.383 e. The summed E-state index contributed by atoms with van der Waals surface area (Å²) < 4.78 is 20.1. The number of nitrogens with one attached hydrogen (secondary N) is 1. The number of rotatable bonds is 8. The molecule has 1 heterocycles. The van der Waals surface area contributed by atoms with Gasteiger partial charge in [-0.3, -0.25) is 9.59 Å². The first-order chi connectivity index (χ1) is 12.0. The Morgan fingerprint density at radius 2 is 2.04 bits per heavy atom. The zero-order valence-electron chi connectivity index (χ0n) is 14.5. The quantitative estimate of drug-likeness (QED) is 0.799. The summed E-state index contributed by atoms with van der Waals surface area (Å²) in [6.07, 6.45) is 2.63. The first kappa shape index (κ1) is 18.9. The van der Waals surface area contributed by atoms with Crippen molar-refractivity contribution >= 4 is 11.6 Å². The average Bonchev–Trinajstić information content (AvgIpc) is 2.61. The monoisotopic (exact) mass is 346 g/mol. The second-order valence-electron chi connectivity index (χ2n) is 5.96. The number of hydrogen-bond acceptors (Lipinski definition) is 3. The van der Waals surface area contributed by atoms with Gasteiger partial charge in [0.15, 0.2) is 0 Å². The van der Waals surface area contributed by atoms with E-state index in [0.29, 0.717) is 37.2 Å². The summed E-state index contributed by atoms with van der Waals surface area (Å²) in [5.74, 6) is -0.687. The maximum atomic E-state index is 13.6. The number of aromatic nitrogens is 1. The van der Waals surface area contributed by atoms with Gasteiger partial charge in [0.05, 0.1) is 12.3 Å². The zero-order chi connectivity index (χ0) is 18.2. The Balaban J connectivity index is 1.94. The first-order valence-electron chi connectivity index (χ1n) is 8.25. The lowest BCUT2D eigenvalue weighted by Gasteiger charge is -2.14. The second-order valence-corrected chi connectivity index (χ2v) is 5.96. The molecule has 1 amide bonds. The van der Waals surface area contributed by atoms with Gasteiger partial charge in [-0.2, -0.15) is 0 Å². The van der Waals surface area contributed by atoms with Crippen LogP contribution in [0.2, 0.25) is 0 Å². The molecule has 5 nitrogen and oxygen atoms in total. The van der Waals surface area contributed by atoms with Gasteiger partial charge in [-0.1, -0.05) is 25.1 Å². The molecule has 0 saturated carbocycles. The third-order valence-electron chi connectivity index (χ3n) is 4.04. The Hall–Kier alpha value is -2.47. The fourth-order valence-corrected chi connectivity index (χ4v) is 2.44. The third kappa shape index (κ3) is 5.53. The maximum absolute atomic E-state index is 13.6. The van der Waals surface area contributed by atoms with Crippen molar-refractivity contribution in [1.29, 1.82) is 0 Å². The summed E-state index contributed by atoms with van der Waals surface area (Å²) in [6, 6.07) is 9.57. The summed E-state index contributed by atoms with van der Waals surface area (Å²) >= 11 is 0. The van der Waals surface area contributed by atoms with Crippen LogP contribution in [0.4, 0.5) is 10.1 Å². The Kier molecular flexibility index (Phi) is 6.89. The fourth-order valence-electron chi connectivity index (χ4n) is 2.44. The van der Waals surface area contributed by atoms with Crippen molar-refractivity contribution < 1.29 is 13.9 Å². The van der Waals surface area contributed by atoms with Gasteiger partial charge in [-0.05, 0) is 30.5 Å². The number of carbonyl (C=O) groups is 1. The van der Waals surface area contributed by atoms with Crippen LogP contribution in [-0.4, -0.2) is 24.2 Å². The molecule has 0 aliphatic heterocycles. The number of ether oxygens (including phenoxy) is 1. The van der Waals surface area contributed by atoms with Crippen LogP contribution in [0.1, 0.15) is 18.9 Å². The molecule has 1 aromatic carbocycles. The molecule has 0 aliphatic carbocycles. The van der Waals surface area contributed by atoms with E-state index in [2.05, 4.69) is 5.32 Å². The molecule has 6 heteroatoms. The molecule has 0 aliphatic rings. The number of benzene rings is 1. The minimum atomic E-state index is -0.279. The molecule has 1 atom stereocenters. The highest BCUT2D eigenvalue weighted by Crippen LogP contribution is 2.15. The molecule has 25 heavy (non-hydrogen) atoms. The Bertz CT molecular complexity index is 773. The molecule has 1 N–H and O–H groups in total. The van der Waals surface area contributed by atoms with Crippen LogP contribution in [0, 0.1) is 11.7 Å². The van der Waals surface area contributed by atoms with Gasteiger partial charge >= 0.3 is 0 Å². The van der Waals surface area contributed by atoms with E-state index in [1.54, 1.807) is 44.5 Å². The summed E-state index contributed by atoms with van der Waals surface area (Å²) in [4.78, 5) is 24.1. The molecule has 0 spiro atoms. The summed E-state index contributed by atoms with van der Waals surface area (Å²) in [6.45, 7) is 2.63. The van der Waals surface area contributed by atoms with Crippen LogP contribution in [0.15, 0.2) is 47.4 Å². The molecule has 134 valence electrons. The van der Waals surface area contributed by atoms with Crippen molar-refractivity contribution in [3.05, 3.63) is 64.3 Å². The normalized spacial score (nSPS) is 12.0. The van der Waals surface area contributed by atoms with E-state index in [1.807, 2.05) is 0 Å². The Morgan fingerprint density at radius 3 is 2.76 bits per heavy atom. The highest BCUT2D eigenvalue weighted by Gasteiger charge is 2.14. The molecule has 0 radical (unpaired) electrons. The van der Waals surface area contributed by atoms with Crippen LogP contribution in [0.25, 0.3) is 0 Å². The van der Waals surface area contributed by atoms with Crippen LogP contribution >= 0.6 is 0 Å². The maximum Gasteiger partial charge on any atom is 0.250 e. The highest BCUT2D eigenvalue weighted by atomic mass is 19.1. The number of anilines is 1. The molecule has 0 saturated heterocycles. The SMILES string of the molecule is COCCn1cc(NC(=O)[C@@H](C)CCc2ccccc2F)ccc1=O. The van der Waals surface area contributed by atoms with E-state index in [9.17, 15) is 14.0 Å². The smallest absolute Gasteiger partial charge is 0.250 e. The molecule has 1 aromatic heterocycles. The number of pyridine rings is 1. The fraction of sp³-hybridized carbons (Fsp3) is 0.368. The minimum Gasteiger partial charge on any atom is -0.383 e. The second kappa shape index (κ2) is 9.13. The van der Waals surface area contributed by atoms with E-state index in [-0.39, 0.29) is 23.2 Å². The molecular weight excluding hydrogens is 323 g/mol.